The van der Waals surface area contributed by atoms with Gasteiger partial charge in [0.1, 0.15) is 12.1 Å². The molecule has 0 saturated carbocycles. The molecule has 0 saturated heterocycles. The second-order valence-electron chi connectivity index (χ2n) is 2.32. The van der Waals surface area contributed by atoms with Crippen molar-refractivity contribution in [3.8, 4) is 5.88 Å². The lowest BCUT2D eigenvalue weighted by Crippen LogP contribution is -2.08. The van der Waals surface area contributed by atoms with Crippen LogP contribution in [0.25, 0.3) is 0 Å². The predicted octanol–water partition coefficient (Wildman–Crippen LogP) is -0.306. The van der Waals surface area contributed by atoms with Crippen molar-refractivity contribution in [3.05, 3.63) is 11.9 Å². The fourth-order valence-electron chi connectivity index (χ4n) is 0.902. The smallest absolute Gasteiger partial charge is 0.308 e. The Labute approximate surface area is 74.4 Å². The van der Waals surface area contributed by atoms with E-state index in [0.29, 0.717) is 5.56 Å². The number of aromatic nitrogens is 2. The summed E-state index contributed by atoms with van der Waals surface area (Å²) in [7, 11) is 1.40. The van der Waals surface area contributed by atoms with Crippen molar-refractivity contribution >= 4 is 11.8 Å². The summed E-state index contributed by atoms with van der Waals surface area (Å²) < 4.78 is 4.83. The predicted molar refractivity (Wildman–Crippen MR) is 44.3 cm³/mol. The van der Waals surface area contributed by atoms with Gasteiger partial charge in [0.25, 0.3) is 0 Å². The molecule has 1 heterocycles. The van der Waals surface area contributed by atoms with Gasteiger partial charge < -0.3 is 15.6 Å². The zero-order valence-corrected chi connectivity index (χ0v) is 7.02. The number of aliphatic carboxylic acids is 1. The monoisotopic (exact) mass is 183 g/mol. The molecule has 1 aromatic heterocycles. The minimum absolute atomic E-state index is 0.134. The van der Waals surface area contributed by atoms with Gasteiger partial charge in [-0.3, -0.25) is 4.79 Å². The second-order valence-corrected chi connectivity index (χ2v) is 2.32. The van der Waals surface area contributed by atoms with Crippen molar-refractivity contribution in [1.29, 1.82) is 0 Å². The van der Waals surface area contributed by atoms with Crippen LogP contribution in [0.1, 0.15) is 5.56 Å². The summed E-state index contributed by atoms with van der Waals surface area (Å²) in [6, 6.07) is 0. The van der Waals surface area contributed by atoms with Gasteiger partial charge in [-0.15, -0.1) is 0 Å². The number of hydrogen-bond donors (Lipinski definition) is 2. The van der Waals surface area contributed by atoms with E-state index in [-0.39, 0.29) is 18.1 Å². The van der Waals surface area contributed by atoms with Crippen molar-refractivity contribution in [2.24, 2.45) is 0 Å². The number of methoxy groups -OCH3 is 1. The van der Waals surface area contributed by atoms with Crippen molar-refractivity contribution < 1.29 is 14.6 Å². The minimum Gasteiger partial charge on any atom is -0.481 e. The minimum atomic E-state index is -1.00. The van der Waals surface area contributed by atoms with E-state index in [2.05, 4.69) is 9.97 Å². The van der Waals surface area contributed by atoms with E-state index in [4.69, 9.17) is 15.6 Å². The lowest BCUT2D eigenvalue weighted by Gasteiger charge is -2.05. The third-order valence-corrected chi connectivity index (χ3v) is 1.46. The third-order valence-electron chi connectivity index (χ3n) is 1.46. The fourth-order valence-corrected chi connectivity index (χ4v) is 0.902. The standard InChI is InChI=1S/C7H9N3O3/c1-13-7-4(2-5(11)12)6(8)9-3-10-7/h3H,2H2,1H3,(H,11,12)(H2,8,9,10). The topological polar surface area (TPSA) is 98.3 Å². The number of carbonyl (C=O) groups is 1. The van der Waals surface area contributed by atoms with Crippen molar-refractivity contribution in [1.82, 2.24) is 9.97 Å². The average molecular weight is 183 g/mol. The number of carboxylic acid groups (broad SMARTS) is 1. The first-order valence-electron chi connectivity index (χ1n) is 3.50. The molecule has 6 nitrogen and oxygen atoms in total. The highest BCUT2D eigenvalue weighted by Gasteiger charge is 2.12. The van der Waals surface area contributed by atoms with E-state index >= 15 is 0 Å². The third kappa shape index (κ3) is 2.05. The molecular weight excluding hydrogens is 174 g/mol. The number of hydrogen-bond acceptors (Lipinski definition) is 5. The van der Waals surface area contributed by atoms with Gasteiger partial charge >= 0.3 is 5.97 Å². The van der Waals surface area contributed by atoms with Crippen LogP contribution in [-0.4, -0.2) is 28.2 Å². The van der Waals surface area contributed by atoms with Gasteiger partial charge in [0.2, 0.25) is 5.88 Å². The number of ether oxygens (including phenoxy) is 1. The Kier molecular flexibility index (Phi) is 2.63. The van der Waals surface area contributed by atoms with Crippen LogP contribution in [0.3, 0.4) is 0 Å². The summed E-state index contributed by atoms with van der Waals surface area (Å²) in [5.41, 5.74) is 5.75. The molecule has 0 atom stereocenters. The van der Waals surface area contributed by atoms with Crippen molar-refractivity contribution in [3.63, 3.8) is 0 Å². The van der Waals surface area contributed by atoms with E-state index < -0.39 is 5.97 Å². The first-order valence-corrected chi connectivity index (χ1v) is 3.50. The molecule has 0 aliphatic carbocycles. The Balaban J connectivity index is 3.07. The van der Waals surface area contributed by atoms with Gasteiger partial charge in [0.15, 0.2) is 0 Å². The molecule has 6 heteroatoms. The van der Waals surface area contributed by atoms with Crippen LogP contribution in [0.15, 0.2) is 6.33 Å². The fraction of sp³-hybridized carbons (Fsp3) is 0.286. The highest BCUT2D eigenvalue weighted by molar-refractivity contribution is 5.73. The number of carboxylic acids is 1. The van der Waals surface area contributed by atoms with Gasteiger partial charge in [-0.2, -0.15) is 0 Å². The first kappa shape index (κ1) is 9.24. The van der Waals surface area contributed by atoms with Gasteiger partial charge in [0.05, 0.1) is 19.1 Å². The Hall–Kier alpha value is -1.85. The van der Waals surface area contributed by atoms with Gasteiger partial charge in [-0.25, -0.2) is 9.97 Å². The lowest BCUT2D eigenvalue weighted by atomic mass is 10.2. The molecule has 70 valence electrons. The molecule has 3 N–H and O–H groups in total. The Morgan fingerprint density at radius 1 is 1.69 bits per heavy atom. The average Bonchev–Trinajstić information content (AvgIpc) is 2.08. The number of anilines is 1. The zero-order valence-electron chi connectivity index (χ0n) is 7.02. The van der Waals surface area contributed by atoms with Crippen LogP contribution < -0.4 is 10.5 Å². The molecule has 1 rings (SSSR count). The van der Waals surface area contributed by atoms with E-state index in [1.54, 1.807) is 0 Å². The second kappa shape index (κ2) is 3.70. The zero-order chi connectivity index (χ0) is 9.84. The van der Waals surface area contributed by atoms with E-state index in [1.807, 2.05) is 0 Å². The summed E-state index contributed by atoms with van der Waals surface area (Å²) >= 11 is 0. The molecule has 0 spiro atoms. The summed E-state index contributed by atoms with van der Waals surface area (Å²) in [6.07, 6.45) is 0.982. The van der Waals surface area contributed by atoms with Gasteiger partial charge in [-0.1, -0.05) is 0 Å². The molecule has 0 amide bonds. The molecule has 0 aliphatic heterocycles. The summed E-state index contributed by atoms with van der Waals surface area (Å²) in [5, 5.41) is 8.54. The van der Waals surface area contributed by atoms with E-state index in [9.17, 15) is 4.79 Å². The largest absolute Gasteiger partial charge is 0.481 e. The Morgan fingerprint density at radius 2 is 2.38 bits per heavy atom. The molecule has 0 radical (unpaired) electrons. The maximum absolute atomic E-state index is 10.4. The number of rotatable bonds is 3. The molecule has 13 heavy (non-hydrogen) atoms. The van der Waals surface area contributed by atoms with Crippen molar-refractivity contribution in [2.45, 2.75) is 6.42 Å². The number of nitrogens with two attached hydrogens (primary N) is 1. The maximum Gasteiger partial charge on any atom is 0.308 e. The van der Waals surface area contributed by atoms with E-state index in [1.165, 1.54) is 13.4 Å². The number of nitrogen functional groups attached to an aromatic ring is 1. The molecule has 0 bridgehead atoms. The SMILES string of the molecule is COc1ncnc(N)c1CC(=O)O. The van der Waals surface area contributed by atoms with Gasteiger partial charge in [-0.05, 0) is 0 Å². The Bertz CT molecular complexity index is 327. The summed E-state index contributed by atoms with van der Waals surface area (Å²) in [6.45, 7) is 0. The number of nitrogens with zero attached hydrogens (tertiary/aromatic N) is 2. The highest BCUT2D eigenvalue weighted by atomic mass is 16.5. The van der Waals surface area contributed by atoms with Crippen LogP contribution in [0.5, 0.6) is 5.88 Å². The van der Waals surface area contributed by atoms with Crippen LogP contribution in [-0.2, 0) is 11.2 Å². The van der Waals surface area contributed by atoms with Crippen LogP contribution in [0, 0.1) is 0 Å². The maximum atomic E-state index is 10.4. The Morgan fingerprint density at radius 3 is 2.92 bits per heavy atom. The van der Waals surface area contributed by atoms with Crippen LogP contribution in [0.4, 0.5) is 5.82 Å². The normalized spacial score (nSPS) is 9.62. The molecular formula is C7H9N3O3. The molecule has 0 aromatic carbocycles. The molecule has 0 fully saturated rings. The summed E-state index contributed by atoms with van der Waals surface area (Å²) in [5.74, 6) is -0.663. The molecule has 1 aromatic rings. The first-order chi connectivity index (χ1) is 6.15. The van der Waals surface area contributed by atoms with Gasteiger partial charge in [0, 0.05) is 0 Å². The molecule has 0 unspecified atom stereocenters. The van der Waals surface area contributed by atoms with Crippen molar-refractivity contribution in [2.75, 3.05) is 12.8 Å². The highest BCUT2D eigenvalue weighted by Crippen LogP contribution is 2.19. The lowest BCUT2D eigenvalue weighted by molar-refractivity contribution is -0.136. The summed E-state index contributed by atoms with van der Waals surface area (Å²) in [4.78, 5) is 17.8. The van der Waals surface area contributed by atoms with Crippen LogP contribution in [0.2, 0.25) is 0 Å². The quantitative estimate of drug-likeness (QED) is 0.667. The van der Waals surface area contributed by atoms with Crippen LogP contribution >= 0.6 is 0 Å². The molecule has 0 aliphatic rings. The van der Waals surface area contributed by atoms with E-state index in [0.717, 1.165) is 0 Å².